The molecule has 0 aromatic heterocycles. The smallest absolute Gasteiger partial charge is 0.153 e. The van der Waals surface area contributed by atoms with Crippen molar-refractivity contribution in [2.45, 2.75) is 0 Å². The van der Waals surface area contributed by atoms with Crippen LogP contribution in [0.25, 0.3) is 0 Å². The Morgan fingerprint density at radius 1 is 1.50 bits per heavy atom. The number of carbonyl (C=O) groups is 1. The molecule has 0 spiro atoms. The van der Waals surface area contributed by atoms with Crippen molar-refractivity contribution < 1.29 is 31.7 Å². The third kappa shape index (κ3) is 2.26. The molecule has 1 radical (unpaired) electrons. The van der Waals surface area contributed by atoms with E-state index in [2.05, 4.69) is 0 Å². The van der Waals surface area contributed by atoms with Crippen LogP contribution < -0.4 is 4.74 Å². The van der Waals surface area contributed by atoms with E-state index in [1.807, 2.05) is 0 Å². The number of hydrogen-bond donors (Lipinski definition) is 1. The molecule has 0 unspecified atom stereocenters. The number of aldehydes is 1. The molecule has 1 aromatic rings. The van der Waals surface area contributed by atoms with E-state index >= 15 is 0 Å². The Hall–Kier alpha value is -0.991. The van der Waals surface area contributed by atoms with Crippen molar-refractivity contribution >= 4 is 6.29 Å². The van der Waals surface area contributed by atoms with Gasteiger partial charge in [0.1, 0.15) is 11.5 Å². The topological polar surface area (TPSA) is 46.5 Å². The fourth-order valence-electron chi connectivity index (χ4n) is 0.750. The second-order valence-electron chi connectivity index (χ2n) is 2.04. The van der Waals surface area contributed by atoms with Crippen molar-refractivity contribution in [2.75, 3.05) is 7.11 Å². The van der Waals surface area contributed by atoms with Gasteiger partial charge in [0.2, 0.25) is 0 Å². The summed E-state index contributed by atoms with van der Waals surface area (Å²) < 4.78 is 4.82. The van der Waals surface area contributed by atoms with E-state index in [1.54, 1.807) is 6.07 Å². The number of benzene rings is 1. The van der Waals surface area contributed by atoms with Crippen molar-refractivity contribution in [3.05, 3.63) is 23.8 Å². The Balaban J connectivity index is 0.00000121. The predicted molar refractivity (Wildman–Crippen MR) is 40.0 cm³/mol. The summed E-state index contributed by atoms with van der Waals surface area (Å²) in [6, 6.07) is 4.51. The summed E-state index contributed by atoms with van der Waals surface area (Å²) in [5.41, 5.74) is 0.269. The maximum absolute atomic E-state index is 10.2. The molecule has 0 atom stereocenters. The number of phenols is 1. The van der Waals surface area contributed by atoms with E-state index in [-0.39, 0.29) is 28.4 Å². The average molecular weight is 216 g/mol. The number of methoxy groups -OCH3 is 1. The van der Waals surface area contributed by atoms with Crippen LogP contribution in [0.1, 0.15) is 10.4 Å². The first-order chi connectivity index (χ1) is 5.27. The summed E-state index contributed by atoms with van der Waals surface area (Å²) in [5, 5.41) is 9.11. The minimum absolute atomic E-state index is 0. The van der Waals surface area contributed by atoms with Crippen LogP contribution >= 0.6 is 0 Å². The van der Waals surface area contributed by atoms with Gasteiger partial charge < -0.3 is 9.84 Å². The van der Waals surface area contributed by atoms with Crippen LogP contribution in [0.4, 0.5) is 0 Å². The second-order valence-corrected chi connectivity index (χ2v) is 2.04. The Kier molecular flexibility index (Phi) is 4.40. The number of ether oxygens (including phenoxy) is 1. The molecule has 0 fully saturated rings. The third-order valence-electron chi connectivity index (χ3n) is 1.36. The zero-order chi connectivity index (χ0) is 8.27. The van der Waals surface area contributed by atoms with Crippen LogP contribution in [-0.4, -0.2) is 18.5 Å². The summed E-state index contributed by atoms with van der Waals surface area (Å²) in [7, 11) is 1.50. The average Bonchev–Trinajstić information content (AvgIpc) is 2.04. The first-order valence-corrected chi connectivity index (χ1v) is 3.10. The minimum atomic E-state index is -0.0562. The first-order valence-electron chi connectivity index (χ1n) is 3.10. The fourth-order valence-corrected chi connectivity index (χ4v) is 0.750. The van der Waals surface area contributed by atoms with Gasteiger partial charge in [0.25, 0.3) is 0 Å². The molecule has 69 valence electrons. The Bertz CT molecular complexity index is 273. The van der Waals surface area contributed by atoms with E-state index in [0.29, 0.717) is 12.0 Å². The van der Waals surface area contributed by atoms with E-state index in [4.69, 9.17) is 9.84 Å². The minimum Gasteiger partial charge on any atom is -0.507 e. The van der Waals surface area contributed by atoms with Crippen molar-refractivity contribution in [2.24, 2.45) is 0 Å². The van der Waals surface area contributed by atoms with Crippen LogP contribution in [0.2, 0.25) is 0 Å². The molecule has 3 nitrogen and oxygen atoms in total. The molecule has 0 aliphatic heterocycles. The van der Waals surface area contributed by atoms with Gasteiger partial charge in [-0.25, -0.2) is 0 Å². The van der Waals surface area contributed by atoms with Crippen LogP contribution in [0.5, 0.6) is 11.5 Å². The quantitative estimate of drug-likeness (QED) is 0.596. The standard InChI is InChI=1S/C8H8O3.Cu/c1-11-7-3-2-6(5-9)8(10)4-7;/h2-5,10H,1H3;. The molecular formula is C8H8CuO3. The van der Waals surface area contributed by atoms with Gasteiger partial charge in [-0.05, 0) is 12.1 Å². The van der Waals surface area contributed by atoms with Gasteiger partial charge in [-0.1, -0.05) is 0 Å². The van der Waals surface area contributed by atoms with Crippen LogP contribution in [0, 0.1) is 0 Å². The molecule has 0 saturated heterocycles. The van der Waals surface area contributed by atoms with E-state index in [0.717, 1.165) is 0 Å². The molecule has 0 amide bonds. The van der Waals surface area contributed by atoms with Gasteiger partial charge in [0.05, 0.1) is 12.7 Å². The number of carbonyl (C=O) groups excluding carboxylic acids is 1. The summed E-state index contributed by atoms with van der Waals surface area (Å²) >= 11 is 0. The van der Waals surface area contributed by atoms with Gasteiger partial charge in [0, 0.05) is 23.1 Å². The van der Waals surface area contributed by atoms with Gasteiger partial charge in [0.15, 0.2) is 6.29 Å². The van der Waals surface area contributed by atoms with Gasteiger partial charge in [-0.2, -0.15) is 0 Å². The number of phenolic OH excluding ortho intramolecular Hbond substituents is 1. The SMILES string of the molecule is COc1ccc(C=O)c(O)c1.[Cu]. The molecule has 0 bridgehead atoms. The van der Waals surface area contributed by atoms with Crippen LogP contribution in [0.3, 0.4) is 0 Å². The molecule has 0 aliphatic carbocycles. The molecule has 12 heavy (non-hydrogen) atoms. The van der Waals surface area contributed by atoms with Crippen molar-refractivity contribution in [1.29, 1.82) is 0 Å². The maximum atomic E-state index is 10.2. The predicted octanol–water partition coefficient (Wildman–Crippen LogP) is 1.21. The van der Waals surface area contributed by atoms with Gasteiger partial charge in [-0.3, -0.25) is 4.79 Å². The monoisotopic (exact) mass is 215 g/mol. The van der Waals surface area contributed by atoms with Crippen molar-refractivity contribution in [3.63, 3.8) is 0 Å². The summed E-state index contributed by atoms with van der Waals surface area (Å²) in [4.78, 5) is 10.2. The summed E-state index contributed by atoms with van der Waals surface area (Å²) in [5.74, 6) is 0.479. The first kappa shape index (κ1) is 11.0. The molecule has 1 N–H and O–H groups in total. The Morgan fingerprint density at radius 2 is 2.17 bits per heavy atom. The number of rotatable bonds is 2. The molecular weight excluding hydrogens is 208 g/mol. The summed E-state index contributed by atoms with van der Waals surface area (Å²) in [6.45, 7) is 0. The third-order valence-corrected chi connectivity index (χ3v) is 1.36. The van der Waals surface area contributed by atoms with Gasteiger partial charge in [-0.15, -0.1) is 0 Å². The number of hydrogen-bond acceptors (Lipinski definition) is 3. The van der Waals surface area contributed by atoms with Crippen LogP contribution in [-0.2, 0) is 17.1 Å². The Labute approximate surface area is 80.8 Å². The number of aromatic hydroxyl groups is 1. The molecule has 1 aromatic carbocycles. The molecule has 4 heteroatoms. The molecule has 0 heterocycles. The molecule has 0 aliphatic rings. The maximum Gasteiger partial charge on any atom is 0.153 e. The normalized spacial score (nSPS) is 8.42. The zero-order valence-corrected chi connectivity index (χ0v) is 7.32. The second kappa shape index (κ2) is 4.80. The van der Waals surface area contributed by atoms with E-state index in [9.17, 15) is 4.79 Å². The van der Waals surface area contributed by atoms with E-state index < -0.39 is 0 Å². The zero-order valence-electron chi connectivity index (χ0n) is 6.37. The van der Waals surface area contributed by atoms with E-state index in [1.165, 1.54) is 19.2 Å². The van der Waals surface area contributed by atoms with Crippen molar-refractivity contribution in [1.82, 2.24) is 0 Å². The summed E-state index contributed by atoms with van der Waals surface area (Å²) in [6.07, 6.45) is 0.592. The Morgan fingerprint density at radius 3 is 2.58 bits per heavy atom. The van der Waals surface area contributed by atoms with Crippen molar-refractivity contribution in [3.8, 4) is 11.5 Å². The largest absolute Gasteiger partial charge is 0.507 e. The van der Waals surface area contributed by atoms with Gasteiger partial charge >= 0.3 is 0 Å². The van der Waals surface area contributed by atoms with Crippen LogP contribution in [0.15, 0.2) is 18.2 Å². The molecule has 1 rings (SSSR count). The molecule has 0 saturated carbocycles. The fraction of sp³-hybridized carbons (Fsp3) is 0.125.